The zero-order valence-electron chi connectivity index (χ0n) is 7.94. The standard InChI is InChI=1S/C9H10BrN3O/c1-13(2)6-12-9(14)7-3-4-11-8(10)5-7/h3-6H,1-2H3. The number of aromatic nitrogens is 1. The Bertz CT molecular complexity index is 363. The summed E-state index contributed by atoms with van der Waals surface area (Å²) in [7, 11) is 3.61. The van der Waals surface area contributed by atoms with E-state index in [9.17, 15) is 4.79 Å². The molecule has 0 fully saturated rings. The van der Waals surface area contributed by atoms with Crippen molar-refractivity contribution in [3.63, 3.8) is 0 Å². The van der Waals surface area contributed by atoms with Gasteiger partial charge in [-0.3, -0.25) is 4.79 Å². The fourth-order valence-corrected chi connectivity index (χ4v) is 1.14. The van der Waals surface area contributed by atoms with Gasteiger partial charge in [-0.1, -0.05) is 0 Å². The monoisotopic (exact) mass is 255 g/mol. The molecule has 0 bridgehead atoms. The molecule has 1 heterocycles. The third-order valence-electron chi connectivity index (χ3n) is 1.38. The summed E-state index contributed by atoms with van der Waals surface area (Å²) in [5, 5.41) is 0. The van der Waals surface area contributed by atoms with Crippen LogP contribution in [0.2, 0.25) is 0 Å². The van der Waals surface area contributed by atoms with Crippen molar-refractivity contribution in [3.05, 3.63) is 28.5 Å². The molecule has 0 aliphatic heterocycles. The van der Waals surface area contributed by atoms with Gasteiger partial charge in [-0.25, -0.2) is 4.98 Å². The molecule has 0 radical (unpaired) electrons. The van der Waals surface area contributed by atoms with Gasteiger partial charge in [-0.2, -0.15) is 4.99 Å². The van der Waals surface area contributed by atoms with E-state index in [1.807, 2.05) is 0 Å². The van der Waals surface area contributed by atoms with Crippen LogP contribution < -0.4 is 0 Å². The van der Waals surface area contributed by atoms with E-state index in [4.69, 9.17) is 0 Å². The third-order valence-corrected chi connectivity index (χ3v) is 1.81. The smallest absolute Gasteiger partial charge is 0.278 e. The average Bonchev–Trinajstić information content (AvgIpc) is 2.14. The van der Waals surface area contributed by atoms with Crippen LogP contribution in [0.5, 0.6) is 0 Å². The van der Waals surface area contributed by atoms with Gasteiger partial charge in [0, 0.05) is 25.9 Å². The molecule has 0 aromatic carbocycles. The molecule has 0 unspecified atom stereocenters. The van der Waals surface area contributed by atoms with Crippen LogP contribution >= 0.6 is 15.9 Å². The lowest BCUT2D eigenvalue weighted by atomic mass is 10.3. The van der Waals surface area contributed by atoms with E-state index >= 15 is 0 Å². The number of rotatable bonds is 2. The highest BCUT2D eigenvalue weighted by Crippen LogP contribution is 2.08. The molecule has 1 aromatic heterocycles. The molecular weight excluding hydrogens is 246 g/mol. The maximum atomic E-state index is 11.4. The Morgan fingerprint density at radius 3 is 2.93 bits per heavy atom. The lowest BCUT2D eigenvalue weighted by Gasteiger charge is -2.01. The van der Waals surface area contributed by atoms with Gasteiger partial charge in [0.15, 0.2) is 0 Å². The molecule has 0 saturated carbocycles. The molecular formula is C9H10BrN3O. The van der Waals surface area contributed by atoms with Crippen LogP contribution in [0.3, 0.4) is 0 Å². The minimum atomic E-state index is -0.276. The number of pyridine rings is 1. The fourth-order valence-electron chi connectivity index (χ4n) is 0.778. The van der Waals surface area contributed by atoms with Crippen LogP contribution in [0.15, 0.2) is 27.9 Å². The number of nitrogens with zero attached hydrogens (tertiary/aromatic N) is 3. The highest BCUT2D eigenvalue weighted by Gasteiger charge is 2.03. The van der Waals surface area contributed by atoms with E-state index in [1.54, 1.807) is 37.3 Å². The van der Waals surface area contributed by atoms with Gasteiger partial charge in [-0.15, -0.1) is 0 Å². The van der Waals surface area contributed by atoms with E-state index in [2.05, 4.69) is 25.9 Å². The fraction of sp³-hybridized carbons (Fsp3) is 0.222. The van der Waals surface area contributed by atoms with Crippen molar-refractivity contribution in [2.24, 2.45) is 4.99 Å². The van der Waals surface area contributed by atoms with Crippen molar-refractivity contribution in [2.75, 3.05) is 14.1 Å². The molecule has 5 heteroatoms. The largest absolute Gasteiger partial charge is 0.369 e. The molecule has 0 aliphatic carbocycles. The van der Waals surface area contributed by atoms with Gasteiger partial charge in [0.05, 0.1) is 6.34 Å². The number of amides is 1. The van der Waals surface area contributed by atoms with E-state index in [1.165, 1.54) is 6.34 Å². The van der Waals surface area contributed by atoms with Crippen molar-refractivity contribution in [1.82, 2.24) is 9.88 Å². The predicted molar refractivity (Wildman–Crippen MR) is 58.4 cm³/mol. The second-order valence-electron chi connectivity index (χ2n) is 2.88. The molecule has 1 amide bonds. The van der Waals surface area contributed by atoms with Gasteiger partial charge in [0.25, 0.3) is 5.91 Å². The van der Waals surface area contributed by atoms with Gasteiger partial charge in [0.2, 0.25) is 0 Å². The highest BCUT2D eigenvalue weighted by atomic mass is 79.9. The van der Waals surface area contributed by atoms with E-state index in [0.717, 1.165) is 0 Å². The molecule has 0 aliphatic rings. The zero-order chi connectivity index (χ0) is 10.6. The summed E-state index contributed by atoms with van der Waals surface area (Å²) in [5.74, 6) is -0.276. The van der Waals surface area contributed by atoms with E-state index < -0.39 is 0 Å². The second kappa shape index (κ2) is 4.85. The first-order valence-corrected chi connectivity index (χ1v) is 4.75. The number of hydrogen-bond donors (Lipinski definition) is 0. The maximum absolute atomic E-state index is 11.4. The van der Waals surface area contributed by atoms with Crippen molar-refractivity contribution in [3.8, 4) is 0 Å². The number of carbonyl (C=O) groups is 1. The molecule has 0 atom stereocenters. The van der Waals surface area contributed by atoms with Crippen LogP contribution in [0.1, 0.15) is 10.4 Å². The molecule has 14 heavy (non-hydrogen) atoms. The van der Waals surface area contributed by atoms with Gasteiger partial charge in [-0.05, 0) is 28.1 Å². The minimum absolute atomic E-state index is 0.276. The Labute approximate surface area is 90.8 Å². The number of hydrogen-bond acceptors (Lipinski definition) is 2. The summed E-state index contributed by atoms with van der Waals surface area (Å²) in [6.07, 6.45) is 3.03. The van der Waals surface area contributed by atoms with E-state index in [0.29, 0.717) is 10.2 Å². The maximum Gasteiger partial charge on any atom is 0.278 e. The average molecular weight is 256 g/mol. The molecule has 0 spiro atoms. The van der Waals surface area contributed by atoms with Crippen LogP contribution in [-0.2, 0) is 0 Å². The normalized spacial score (nSPS) is 10.5. The predicted octanol–water partition coefficient (Wildman–Crippen LogP) is 1.57. The topological polar surface area (TPSA) is 45.6 Å². The molecule has 1 aromatic rings. The van der Waals surface area contributed by atoms with Gasteiger partial charge < -0.3 is 4.90 Å². The Morgan fingerprint density at radius 2 is 2.36 bits per heavy atom. The van der Waals surface area contributed by atoms with Gasteiger partial charge >= 0.3 is 0 Å². The van der Waals surface area contributed by atoms with Crippen molar-refractivity contribution < 1.29 is 4.79 Å². The second-order valence-corrected chi connectivity index (χ2v) is 3.69. The number of aliphatic imine (C=N–C) groups is 1. The quantitative estimate of drug-likeness (QED) is 0.458. The van der Waals surface area contributed by atoms with Crippen LogP contribution in [0.4, 0.5) is 0 Å². The summed E-state index contributed by atoms with van der Waals surface area (Å²) in [5.41, 5.74) is 0.518. The Balaban J connectivity index is 2.80. The Morgan fingerprint density at radius 1 is 1.64 bits per heavy atom. The summed E-state index contributed by atoms with van der Waals surface area (Å²) in [6, 6.07) is 3.26. The first-order valence-electron chi connectivity index (χ1n) is 3.96. The summed E-state index contributed by atoms with van der Waals surface area (Å²) < 4.78 is 0.628. The SMILES string of the molecule is CN(C)C=NC(=O)c1ccnc(Br)c1. The van der Waals surface area contributed by atoms with Crippen LogP contribution in [0.25, 0.3) is 0 Å². The summed E-state index contributed by atoms with van der Waals surface area (Å²) >= 11 is 3.18. The first-order chi connectivity index (χ1) is 6.59. The lowest BCUT2D eigenvalue weighted by molar-refractivity contribution is 0.100. The van der Waals surface area contributed by atoms with Gasteiger partial charge in [0.1, 0.15) is 4.60 Å². The highest BCUT2D eigenvalue weighted by molar-refractivity contribution is 9.10. The summed E-state index contributed by atoms with van der Waals surface area (Å²) in [4.78, 5) is 20.8. The Kier molecular flexibility index (Phi) is 3.76. The Hall–Kier alpha value is -1.23. The van der Waals surface area contributed by atoms with Crippen LogP contribution in [0, 0.1) is 0 Å². The first kappa shape index (κ1) is 10.8. The lowest BCUT2D eigenvalue weighted by Crippen LogP contribution is -2.09. The number of carbonyl (C=O) groups excluding carboxylic acids is 1. The van der Waals surface area contributed by atoms with Crippen LogP contribution in [-0.4, -0.2) is 36.2 Å². The van der Waals surface area contributed by atoms with E-state index in [-0.39, 0.29) is 5.91 Å². The zero-order valence-corrected chi connectivity index (χ0v) is 9.52. The third kappa shape index (κ3) is 3.26. The molecule has 4 nitrogen and oxygen atoms in total. The van der Waals surface area contributed by atoms with Crippen molar-refractivity contribution >= 4 is 28.2 Å². The number of halogens is 1. The summed E-state index contributed by atoms with van der Waals surface area (Å²) in [6.45, 7) is 0. The molecule has 74 valence electrons. The molecule has 0 N–H and O–H groups in total. The molecule has 0 saturated heterocycles. The molecule has 1 rings (SSSR count). The van der Waals surface area contributed by atoms with Crippen molar-refractivity contribution in [2.45, 2.75) is 0 Å². The van der Waals surface area contributed by atoms with Crippen molar-refractivity contribution in [1.29, 1.82) is 0 Å². The minimum Gasteiger partial charge on any atom is -0.369 e.